The van der Waals surface area contributed by atoms with E-state index in [2.05, 4.69) is 93.2 Å². The fourth-order valence-electron chi connectivity index (χ4n) is 2.26. The van der Waals surface area contributed by atoms with Crippen molar-refractivity contribution in [3.05, 3.63) is 90.5 Å². The topological polar surface area (TPSA) is 0 Å². The van der Waals surface area contributed by atoms with Crippen LogP contribution in [-0.2, 0) is 12.6 Å². The average Bonchev–Trinajstić information content (AvgIpc) is 2.63. The third kappa shape index (κ3) is 8.77. The van der Waals surface area contributed by atoms with E-state index in [-0.39, 0.29) is 0 Å². The first-order chi connectivity index (χ1) is 12.4. The number of halogens is 3. The molecule has 3 rings (SSSR count). The lowest BCUT2D eigenvalue weighted by Gasteiger charge is -2.02. The summed E-state index contributed by atoms with van der Waals surface area (Å²) in [5.41, 5.74) is 3.93. The van der Waals surface area contributed by atoms with Gasteiger partial charge in [0, 0.05) is 5.56 Å². The molecule has 3 aromatic carbocycles. The molecule has 26 heavy (non-hydrogen) atoms. The van der Waals surface area contributed by atoms with Crippen molar-refractivity contribution in [3.63, 3.8) is 0 Å². The molecular formula is C22H24F3S+. The van der Waals surface area contributed by atoms with Gasteiger partial charge in [0.05, 0.1) is 0 Å². The molecule has 4 heteroatoms. The van der Waals surface area contributed by atoms with E-state index < -0.39 is 6.68 Å². The molecule has 0 atom stereocenters. The van der Waals surface area contributed by atoms with Gasteiger partial charge >= 0.3 is 6.68 Å². The van der Waals surface area contributed by atoms with Crippen LogP contribution in [0.5, 0.6) is 0 Å². The SMILES string of the molecule is CC(C)c1ccccc1[SH2+].FC(F)F.c1ccc(-c2ccccc2)cc1. The van der Waals surface area contributed by atoms with E-state index in [1.807, 2.05) is 18.2 Å². The van der Waals surface area contributed by atoms with E-state index in [9.17, 15) is 13.2 Å². The smallest absolute Gasteiger partial charge is 0.174 e. The molecule has 0 fully saturated rings. The van der Waals surface area contributed by atoms with Crippen LogP contribution in [0.25, 0.3) is 11.1 Å². The van der Waals surface area contributed by atoms with Crippen molar-refractivity contribution >= 4 is 12.6 Å². The second kappa shape index (κ2) is 12.2. The molecule has 0 unspecified atom stereocenters. The van der Waals surface area contributed by atoms with Crippen LogP contribution in [-0.4, -0.2) is 6.68 Å². The molecule has 0 spiro atoms. The highest BCUT2D eigenvalue weighted by Crippen LogP contribution is 2.18. The first-order valence-electron chi connectivity index (χ1n) is 8.25. The molecule has 0 bridgehead atoms. The van der Waals surface area contributed by atoms with Gasteiger partial charge in [-0.2, -0.15) is 13.2 Å². The largest absolute Gasteiger partial charge is 0.379 e. The number of hydrogen-bond donors (Lipinski definition) is 0. The lowest BCUT2D eigenvalue weighted by molar-refractivity contribution is 0.00819. The summed E-state index contributed by atoms with van der Waals surface area (Å²) < 4.78 is 29.0. The second-order valence-corrected chi connectivity index (χ2v) is 6.26. The molecule has 0 saturated carbocycles. The maximum Gasteiger partial charge on any atom is 0.379 e. The number of benzene rings is 3. The van der Waals surface area contributed by atoms with E-state index in [1.54, 1.807) is 0 Å². The van der Waals surface area contributed by atoms with Gasteiger partial charge in [-0.1, -0.05) is 92.7 Å². The Bertz CT molecular complexity index is 688. The van der Waals surface area contributed by atoms with Crippen LogP contribution in [0.4, 0.5) is 13.2 Å². The number of hydrogen-bond acceptors (Lipinski definition) is 0. The zero-order chi connectivity index (χ0) is 19.4. The molecule has 0 radical (unpaired) electrons. The third-order valence-corrected chi connectivity index (χ3v) is 3.92. The number of rotatable bonds is 2. The Morgan fingerprint density at radius 1 is 0.615 bits per heavy atom. The molecule has 0 nitrogen and oxygen atoms in total. The van der Waals surface area contributed by atoms with Crippen LogP contribution >= 0.6 is 0 Å². The Morgan fingerprint density at radius 3 is 1.27 bits per heavy atom. The van der Waals surface area contributed by atoms with Crippen LogP contribution in [0.15, 0.2) is 89.8 Å². The Labute approximate surface area is 159 Å². The number of alkyl halides is 3. The Hall–Kier alpha value is -2.20. The van der Waals surface area contributed by atoms with Crippen LogP contribution < -0.4 is 0 Å². The third-order valence-electron chi connectivity index (χ3n) is 3.46. The average molecular weight is 377 g/mol. The Balaban J connectivity index is 0.000000220. The molecule has 0 amide bonds. The molecular weight excluding hydrogens is 353 g/mol. The summed E-state index contributed by atoms with van der Waals surface area (Å²) in [6, 6.07) is 29.1. The summed E-state index contributed by atoms with van der Waals surface area (Å²) in [5, 5.41) is 0. The normalized spacial score (nSPS) is 9.85. The van der Waals surface area contributed by atoms with Crippen molar-refractivity contribution in [1.82, 2.24) is 0 Å². The molecule has 0 aromatic heterocycles. The predicted octanol–water partition coefficient (Wildman–Crippen LogP) is 6.71. The van der Waals surface area contributed by atoms with Gasteiger partial charge in [-0.15, -0.1) is 0 Å². The van der Waals surface area contributed by atoms with Gasteiger partial charge in [-0.25, -0.2) is 0 Å². The highest BCUT2D eigenvalue weighted by Gasteiger charge is 2.04. The Morgan fingerprint density at radius 2 is 0.962 bits per heavy atom. The van der Waals surface area contributed by atoms with Crippen molar-refractivity contribution in [2.45, 2.75) is 31.3 Å². The molecule has 0 heterocycles. The molecule has 0 aliphatic rings. The van der Waals surface area contributed by atoms with Crippen LogP contribution in [0.3, 0.4) is 0 Å². The summed E-state index contributed by atoms with van der Waals surface area (Å²) in [7, 11) is 0. The minimum absolute atomic E-state index is 0.605. The molecule has 0 saturated heterocycles. The molecule has 0 aliphatic carbocycles. The summed E-state index contributed by atoms with van der Waals surface area (Å²) in [5.74, 6) is 0.605. The van der Waals surface area contributed by atoms with Crippen molar-refractivity contribution in [2.24, 2.45) is 0 Å². The van der Waals surface area contributed by atoms with E-state index in [0.29, 0.717) is 5.92 Å². The lowest BCUT2D eigenvalue weighted by atomic mass is 10.0. The highest BCUT2D eigenvalue weighted by molar-refractivity contribution is 7.58. The van der Waals surface area contributed by atoms with Crippen molar-refractivity contribution < 1.29 is 13.2 Å². The minimum atomic E-state index is -3.67. The lowest BCUT2D eigenvalue weighted by Crippen LogP contribution is -1.89. The maximum absolute atomic E-state index is 9.67. The summed E-state index contributed by atoms with van der Waals surface area (Å²) >= 11 is 3.55. The fraction of sp³-hybridized carbons (Fsp3) is 0.182. The highest BCUT2D eigenvalue weighted by atomic mass is 32.1. The monoisotopic (exact) mass is 377 g/mol. The van der Waals surface area contributed by atoms with Crippen LogP contribution in [0.1, 0.15) is 25.3 Å². The van der Waals surface area contributed by atoms with Crippen LogP contribution in [0.2, 0.25) is 0 Å². The Kier molecular flexibility index (Phi) is 10.3. The predicted molar refractivity (Wildman–Crippen MR) is 108 cm³/mol. The van der Waals surface area contributed by atoms with E-state index in [4.69, 9.17) is 0 Å². The van der Waals surface area contributed by atoms with E-state index in [0.717, 1.165) is 0 Å². The maximum atomic E-state index is 9.67. The first kappa shape index (κ1) is 21.8. The second-order valence-electron chi connectivity index (χ2n) is 5.72. The van der Waals surface area contributed by atoms with E-state index >= 15 is 0 Å². The summed E-state index contributed by atoms with van der Waals surface area (Å²) in [6.45, 7) is 0.720. The summed E-state index contributed by atoms with van der Waals surface area (Å²) in [6.07, 6.45) is 0. The zero-order valence-corrected chi connectivity index (χ0v) is 15.9. The fourth-order valence-corrected chi connectivity index (χ4v) is 2.73. The van der Waals surface area contributed by atoms with Gasteiger partial charge in [-0.05, 0) is 35.7 Å². The van der Waals surface area contributed by atoms with Gasteiger partial charge in [0.2, 0.25) is 0 Å². The van der Waals surface area contributed by atoms with Crippen molar-refractivity contribution in [3.8, 4) is 11.1 Å². The van der Waals surface area contributed by atoms with Crippen molar-refractivity contribution in [1.29, 1.82) is 0 Å². The molecule has 3 aromatic rings. The van der Waals surface area contributed by atoms with E-state index in [1.165, 1.54) is 21.6 Å². The standard InChI is InChI=1S/C12H10.C9H12S.CHF3/c1-3-7-11(8-4-1)12-9-5-2-6-10-12;1-7(2)8-5-3-4-6-9(8)10;2-1(3)4/h1-10H;3-7,10H,1-2H3;1H/p+1. The minimum Gasteiger partial charge on any atom is -0.174 e. The van der Waals surface area contributed by atoms with Gasteiger partial charge in [-0.3, -0.25) is 0 Å². The first-order valence-corrected chi connectivity index (χ1v) is 8.75. The molecule has 0 aliphatic heterocycles. The molecule has 138 valence electrons. The van der Waals surface area contributed by atoms with Crippen LogP contribution in [0, 0.1) is 0 Å². The van der Waals surface area contributed by atoms with Gasteiger partial charge in [0.15, 0.2) is 4.90 Å². The van der Waals surface area contributed by atoms with Gasteiger partial charge in [0.25, 0.3) is 0 Å². The zero-order valence-electron chi connectivity index (χ0n) is 14.9. The molecule has 0 N–H and O–H groups in total. The quantitative estimate of drug-likeness (QED) is 0.435. The van der Waals surface area contributed by atoms with Gasteiger partial charge in [0.1, 0.15) is 0 Å². The summed E-state index contributed by atoms with van der Waals surface area (Å²) in [4.78, 5) is 1.21. The van der Waals surface area contributed by atoms with Gasteiger partial charge < -0.3 is 0 Å². The van der Waals surface area contributed by atoms with Crippen molar-refractivity contribution in [2.75, 3.05) is 0 Å².